The quantitative estimate of drug-likeness (QED) is 0.760. The predicted molar refractivity (Wildman–Crippen MR) is 86.4 cm³/mol. The van der Waals surface area contributed by atoms with Crippen LogP contribution in [0.4, 0.5) is 11.5 Å². The van der Waals surface area contributed by atoms with Gasteiger partial charge in [0.1, 0.15) is 12.0 Å². The van der Waals surface area contributed by atoms with Crippen LogP contribution < -0.4 is 5.32 Å². The van der Waals surface area contributed by atoms with Gasteiger partial charge < -0.3 is 5.32 Å². The first-order valence-electron chi connectivity index (χ1n) is 7.04. The second kappa shape index (κ2) is 5.07. The number of hydrogen-bond donors (Lipinski definition) is 2. The second-order valence-electron chi connectivity index (χ2n) is 5.15. The monoisotopic (exact) mass is 290 g/mol. The Balaban J connectivity index is 1.76. The van der Waals surface area contributed by atoms with Crippen LogP contribution in [0.5, 0.6) is 0 Å². The lowest BCUT2D eigenvalue weighted by Crippen LogP contribution is -2.08. The maximum atomic E-state index is 4.46. The predicted octanol–water partition coefficient (Wildman–Crippen LogP) is 2.97. The molecule has 0 atom stereocenters. The number of H-pyrrole nitrogens is 1. The maximum absolute atomic E-state index is 4.46. The van der Waals surface area contributed by atoms with Crippen molar-refractivity contribution in [3.8, 4) is 22.5 Å². The number of benzene rings is 1. The summed E-state index contributed by atoms with van der Waals surface area (Å²) in [7, 11) is 0. The van der Waals surface area contributed by atoms with Crippen LogP contribution in [-0.4, -0.2) is 32.9 Å². The Morgan fingerprint density at radius 2 is 2.05 bits per heavy atom. The van der Waals surface area contributed by atoms with Crippen molar-refractivity contribution in [2.75, 3.05) is 11.9 Å². The fraction of sp³-hybridized carbons (Fsp3) is 0.125. The lowest BCUT2D eigenvalue weighted by molar-refractivity contribution is 1.09. The Hall–Kier alpha value is -3.02. The number of aromatic amines is 1. The molecule has 0 fully saturated rings. The fourth-order valence-corrected chi connectivity index (χ4v) is 2.60. The zero-order valence-corrected chi connectivity index (χ0v) is 12.0. The molecule has 0 radical (unpaired) electrons. The van der Waals surface area contributed by atoms with Crippen molar-refractivity contribution in [1.82, 2.24) is 20.2 Å². The maximum Gasteiger partial charge on any atom is 0.155 e. The summed E-state index contributed by atoms with van der Waals surface area (Å²) in [4.78, 5) is 13.0. The fourth-order valence-electron chi connectivity index (χ4n) is 2.60. The van der Waals surface area contributed by atoms with Gasteiger partial charge in [0, 0.05) is 23.5 Å². The van der Waals surface area contributed by atoms with Gasteiger partial charge in [0.2, 0.25) is 0 Å². The van der Waals surface area contributed by atoms with Gasteiger partial charge in [-0.1, -0.05) is 12.1 Å². The van der Waals surface area contributed by atoms with Crippen molar-refractivity contribution in [3.63, 3.8) is 0 Å². The van der Waals surface area contributed by atoms with Gasteiger partial charge in [-0.15, -0.1) is 0 Å². The van der Waals surface area contributed by atoms with Gasteiger partial charge in [-0.05, 0) is 30.2 Å². The minimum atomic E-state index is 0.726. The molecule has 1 aliphatic heterocycles. The Bertz CT molecular complexity index is 851. The molecule has 6 heteroatoms. The molecule has 2 aromatic heterocycles. The number of nitrogens with zero attached hydrogens (tertiary/aromatic N) is 4. The molecular weight excluding hydrogens is 276 g/mol. The number of pyridine rings is 1. The number of aromatic nitrogens is 4. The van der Waals surface area contributed by atoms with E-state index in [1.54, 1.807) is 0 Å². The van der Waals surface area contributed by atoms with Crippen molar-refractivity contribution >= 4 is 17.7 Å². The molecule has 3 heterocycles. The second-order valence-corrected chi connectivity index (χ2v) is 5.15. The third-order valence-corrected chi connectivity index (χ3v) is 3.68. The molecule has 0 saturated carbocycles. The van der Waals surface area contributed by atoms with Crippen molar-refractivity contribution in [1.29, 1.82) is 0 Å². The molecule has 0 amide bonds. The molecule has 2 N–H and O–H groups in total. The Kier molecular flexibility index (Phi) is 2.93. The van der Waals surface area contributed by atoms with Crippen molar-refractivity contribution in [2.24, 2.45) is 4.99 Å². The van der Waals surface area contributed by atoms with E-state index in [1.807, 2.05) is 18.5 Å². The number of rotatable bonds is 2. The SMILES string of the molecule is Cc1cc(-c2ncn[nH]2)ccc1-c1cnc2c(c1)N=CCN2. The molecule has 0 aliphatic carbocycles. The van der Waals surface area contributed by atoms with Crippen molar-refractivity contribution in [3.05, 3.63) is 42.4 Å². The first-order valence-corrected chi connectivity index (χ1v) is 7.04. The van der Waals surface area contributed by atoms with Gasteiger partial charge in [0.25, 0.3) is 0 Å². The normalized spacial score (nSPS) is 12.8. The Morgan fingerprint density at radius 3 is 2.86 bits per heavy atom. The topological polar surface area (TPSA) is 78.8 Å². The van der Waals surface area contributed by atoms with E-state index >= 15 is 0 Å². The summed E-state index contributed by atoms with van der Waals surface area (Å²) in [5.41, 5.74) is 5.25. The number of anilines is 1. The number of hydrogen-bond acceptors (Lipinski definition) is 5. The molecule has 3 aromatic rings. The molecule has 4 rings (SSSR count). The van der Waals surface area contributed by atoms with E-state index in [0.29, 0.717) is 0 Å². The van der Waals surface area contributed by atoms with Crippen LogP contribution in [0.2, 0.25) is 0 Å². The summed E-state index contributed by atoms with van der Waals surface area (Å²) in [6.07, 6.45) is 5.24. The molecule has 0 unspecified atom stereocenters. The van der Waals surface area contributed by atoms with Gasteiger partial charge in [-0.2, -0.15) is 5.10 Å². The third-order valence-electron chi connectivity index (χ3n) is 3.68. The van der Waals surface area contributed by atoms with Crippen LogP contribution in [0.15, 0.2) is 41.8 Å². The minimum absolute atomic E-state index is 0.726. The zero-order valence-electron chi connectivity index (χ0n) is 12.0. The summed E-state index contributed by atoms with van der Waals surface area (Å²) < 4.78 is 0. The van der Waals surface area contributed by atoms with Crippen molar-refractivity contribution in [2.45, 2.75) is 6.92 Å². The van der Waals surface area contributed by atoms with Gasteiger partial charge in [0.05, 0.1) is 6.54 Å². The van der Waals surface area contributed by atoms with Crippen LogP contribution in [0.3, 0.4) is 0 Å². The van der Waals surface area contributed by atoms with Crippen LogP contribution in [0.1, 0.15) is 5.56 Å². The summed E-state index contributed by atoms with van der Waals surface area (Å²) in [5, 5.41) is 9.97. The van der Waals surface area contributed by atoms with E-state index in [2.05, 4.69) is 55.6 Å². The molecule has 1 aromatic carbocycles. The molecular formula is C16H14N6. The average Bonchev–Trinajstić information content (AvgIpc) is 3.09. The van der Waals surface area contributed by atoms with E-state index in [9.17, 15) is 0 Å². The van der Waals surface area contributed by atoms with Crippen LogP contribution in [0, 0.1) is 6.92 Å². The molecule has 6 nitrogen and oxygen atoms in total. The minimum Gasteiger partial charge on any atom is -0.363 e. The highest BCUT2D eigenvalue weighted by molar-refractivity contribution is 5.82. The van der Waals surface area contributed by atoms with Gasteiger partial charge in [-0.25, -0.2) is 9.97 Å². The van der Waals surface area contributed by atoms with E-state index in [1.165, 1.54) is 6.33 Å². The lowest BCUT2D eigenvalue weighted by Gasteiger charge is -2.13. The summed E-state index contributed by atoms with van der Waals surface area (Å²) in [6.45, 7) is 2.81. The molecule has 108 valence electrons. The number of aliphatic imine (C=N–C) groups is 1. The molecule has 0 saturated heterocycles. The number of nitrogens with one attached hydrogen (secondary N) is 2. The van der Waals surface area contributed by atoms with Crippen molar-refractivity contribution < 1.29 is 0 Å². The summed E-state index contributed by atoms with van der Waals surface area (Å²) in [6, 6.07) is 8.26. The van der Waals surface area contributed by atoms with Gasteiger partial charge in [0.15, 0.2) is 11.6 Å². The standard InChI is InChI=1S/C16H14N6/c1-10-6-11(15-20-9-21-22-15)2-3-13(10)12-7-14-16(19-8-12)18-5-4-17-14/h2-4,6-9H,5H2,1H3,(H,18,19)(H,20,21,22). The number of fused-ring (bicyclic) bond motifs is 1. The van der Waals surface area contributed by atoms with Crippen LogP contribution in [-0.2, 0) is 0 Å². The molecule has 0 spiro atoms. The Morgan fingerprint density at radius 1 is 1.09 bits per heavy atom. The third kappa shape index (κ3) is 2.14. The lowest BCUT2D eigenvalue weighted by atomic mass is 9.99. The first-order chi connectivity index (χ1) is 10.8. The van der Waals surface area contributed by atoms with Crippen LogP contribution in [0.25, 0.3) is 22.5 Å². The highest BCUT2D eigenvalue weighted by Gasteiger charge is 2.11. The van der Waals surface area contributed by atoms with Gasteiger partial charge >= 0.3 is 0 Å². The molecule has 0 bridgehead atoms. The first kappa shape index (κ1) is 12.7. The van der Waals surface area contributed by atoms with Crippen LogP contribution >= 0.6 is 0 Å². The molecule has 22 heavy (non-hydrogen) atoms. The van der Waals surface area contributed by atoms with E-state index < -0.39 is 0 Å². The Labute approximate surface area is 127 Å². The van der Waals surface area contributed by atoms with Gasteiger partial charge in [-0.3, -0.25) is 10.1 Å². The summed E-state index contributed by atoms with van der Waals surface area (Å²) >= 11 is 0. The van der Waals surface area contributed by atoms with E-state index in [-0.39, 0.29) is 0 Å². The highest BCUT2D eigenvalue weighted by atomic mass is 15.2. The smallest absolute Gasteiger partial charge is 0.155 e. The number of aryl methyl sites for hydroxylation is 1. The largest absolute Gasteiger partial charge is 0.363 e. The van der Waals surface area contributed by atoms with E-state index in [4.69, 9.17) is 0 Å². The van der Waals surface area contributed by atoms with E-state index in [0.717, 1.165) is 46.1 Å². The summed E-state index contributed by atoms with van der Waals surface area (Å²) in [5.74, 6) is 1.61. The highest BCUT2D eigenvalue weighted by Crippen LogP contribution is 2.32. The average molecular weight is 290 g/mol. The molecule has 1 aliphatic rings. The zero-order chi connectivity index (χ0) is 14.9.